The first-order valence-electron chi connectivity index (χ1n) is 5.99. The van der Waals surface area contributed by atoms with Crippen LogP contribution in [0.2, 0.25) is 5.02 Å². The lowest BCUT2D eigenvalue weighted by Crippen LogP contribution is -1.90. The smallest absolute Gasteiger partial charge is 0.146 e. The van der Waals surface area contributed by atoms with E-state index in [1.54, 1.807) is 24.4 Å². The molecule has 3 rings (SSSR count). The number of pyridine rings is 1. The molecule has 1 aromatic heterocycles. The molecule has 0 aliphatic carbocycles. The van der Waals surface area contributed by atoms with Gasteiger partial charge < -0.3 is 4.74 Å². The summed E-state index contributed by atoms with van der Waals surface area (Å²) in [4.78, 5) is 4.31. The Bertz CT molecular complexity index is 824. The van der Waals surface area contributed by atoms with E-state index in [0.717, 1.165) is 10.9 Å². The summed E-state index contributed by atoms with van der Waals surface area (Å²) < 4.78 is 5.72. The van der Waals surface area contributed by atoms with Gasteiger partial charge >= 0.3 is 0 Å². The molecule has 3 aromatic rings. The Kier molecular flexibility index (Phi) is 3.24. The van der Waals surface area contributed by atoms with E-state index >= 15 is 0 Å². The highest BCUT2D eigenvalue weighted by molar-refractivity contribution is 6.31. The van der Waals surface area contributed by atoms with E-state index in [4.69, 9.17) is 21.6 Å². The van der Waals surface area contributed by atoms with Gasteiger partial charge in [0.15, 0.2) is 0 Å². The third kappa shape index (κ3) is 2.29. The number of nitriles is 1. The number of rotatable bonds is 2. The third-order valence-electron chi connectivity index (χ3n) is 2.88. The van der Waals surface area contributed by atoms with Crippen LogP contribution in [0.4, 0.5) is 0 Å². The Balaban J connectivity index is 2.02. The zero-order valence-corrected chi connectivity index (χ0v) is 11.1. The lowest BCUT2D eigenvalue weighted by molar-refractivity contribution is 0.480. The van der Waals surface area contributed by atoms with E-state index in [0.29, 0.717) is 22.1 Å². The van der Waals surface area contributed by atoms with Gasteiger partial charge in [0.25, 0.3) is 0 Å². The van der Waals surface area contributed by atoms with E-state index in [1.807, 2.05) is 36.4 Å². The van der Waals surface area contributed by atoms with Gasteiger partial charge in [0.05, 0.1) is 16.7 Å². The molecule has 20 heavy (non-hydrogen) atoms. The van der Waals surface area contributed by atoms with Crippen LogP contribution >= 0.6 is 11.6 Å². The van der Waals surface area contributed by atoms with Crippen molar-refractivity contribution in [3.05, 3.63) is 65.3 Å². The number of fused-ring (bicyclic) bond motifs is 1. The van der Waals surface area contributed by atoms with Gasteiger partial charge in [-0.15, -0.1) is 0 Å². The fourth-order valence-electron chi connectivity index (χ4n) is 1.93. The highest BCUT2D eigenvalue weighted by Gasteiger charge is 2.09. The minimum absolute atomic E-state index is 0.322. The molecule has 4 heteroatoms. The molecule has 0 spiro atoms. The maximum atomic E-state index is 9.12. The van der Waals surface area contributed by atoms with Crippen LogP contribution in [0.25, 0.3) is 10.9 Å². The molecule has 0 aliphatic rings. The van der Waals surface area contributed by atoms with Gasteiger partial charge in [0.2, 0.25) is 0 Å². The number of hydrogen-bond acceptors (Lipinski definition) is 3. The van der Waals surface area contributed by atoms with Crippen molar-refractivity contribution in [3.8, 4) is 17.6 Å². The fourth-order valence-corrected chi connectivity index (χ4v) is 2.14. The monoisotopic (exact) mass is 280 g/mol. The molecule has 2 aromatic carbocycles. The van der Waals surface area contributed by atoms with Gasteiger partial charge in [-0.3, -0.25) is 4.98 Å². The molecular formula is C16H9ClN2O. The lowest BCUT2D eigenvalue weighted by Gasteiger charge is -2.08. The van der Waals surface area contributed by atoms with E-state index in [9.17, 15) is 0 Å². The molecule has 0 amide bonds. The van der Waals surface area contributed by atoms with Crippen LogP contribution in [-0.2, 0) is 0 Å². The van der Waals surface area contributed by atoms with Crippen molar-refractivity contribution in [3.63, 3.8) is 0 Å². The predicted molar refractivity (Wildman–Crippen MR) is 78.0 cm³/mol. The highest BCUT2D eigenvalue weighted by Crippen LogP contribution is 2.30. The van der Waals surface area contributed by atoms with E-state index in [-0.39, 0.29) is 0 Å². The summed E-state index contributed by atoms with van der Waals surface area (Å²) in [5.74, 6) is 1.000. The van der Waals surface area contributed by atoms with Gasteiger partial charge in [-0.2, -0.15) is 5.26 Å². The fraction of sp³-hybridized carbons (Fsp3) is 0. The minimum atomic E-state index is 0.322. The Morgan fingerprint density at radius 2 is 1.95 bits per heavy atom. The molecule has 96 valence electrons. The lowest BCUT2D eigenvalue weighted by atomic mass is 10.2. The van der Waals surface area contributed by atoms with E-state index < -0.39 is 0 Å². The molecule has 1 heterocycles. The minimum Gasteiger partial charge on any atom is -0.454 e. The van der Waals surface area contributed by atoms with Crippen LogP contribution in [-0.4, -0.2) is 4.98 Å². The molecule has 0 fully saturated rings. The van der Waals surface area contributed by atoms with Crippen molar-refractivity contribution in [1.82, 2.24) is 4.98 Å². The largest absolute Gasteiger partial charge is 0.454 e. The van der Waals surface area contributed by atoms with Gasteiger partial charge in [0.1, 0.15) is 23.1 Å². The molecule has 3 nitrogen and oxygen atoms in total. The maximum Gasteiger partial charge on any atom is 0.146 e. The van der Waals surface area contributed by atoms with E-state index in [1.165, 1.54) is 0 Å². The Morgan fingerprint density at radius 3 is 2.80 bits per heavy atom. The Hall–Kier alpha value is -2.57. The summed E-state index contributed by atoms with van der Waals surface area (Å²) in [6, 6.07) is 16.8. The standard InChI is InChI=1S/C16H9ClN2O/c17-14-5-3-7-16(13(14)9-18)20-12-8-11-4-1-2-6-15(11)19-10-12/h1-8,10H. The van der Waals surface area contributed by atoms with Crippen LogP contribution < -0.4 is 4.74 Å². The van der Waals surface area contributed by atoms with Crippen molar-refractivity contribution in [2.75, 3.05) is 0 Å². The molecular weight excluding hydrogens is 272 g/mol. The van der Waals surface area contributed by atoms with Crippen LogP contribution in [0, 0.1) is 11.3 Å². The number of halogens is 1. The zero-order chi connectivity index (χ0) is 13.9. The van der Waals surface area contributed by atoms with E-state index in [2.05, 4.69) is 4.98 Å². The topological polar surface area (TPSA) is 45.9 Å². The number of benzene rings is 2. The van der Waals surface area contributed by atoms with Gasteiger partial charge in [-0.05, 0) is 24.3 Å². The average Bonchev–Trinajstić information content (AvgIpc) is 2.47. The second-order valence-corrected chi connectivity index (χ2v) is 4.60. The second kappa shape index (κ2) is 5.20. The maximum absolute atomic E-state index is 9.12. The summed E-state index contributed by atoms with van der Waals surface area (Å²) in [6.07, 6.45) is 1.63. The molecule has 0 radical (unpaired) electrons. The van der Waals surface area contributed by atoms with Crippen molar-refractivity contribution in [1.29, 1.82) is 5.26 Å². The molecule has 0 unspecified atom stereocenters. The number of aromatic nitrogens is 1. The molecule has 0 aliphatic heterocycles. The summed E-state index contributed by atoms with van der Waals surface area (Å²) in [7, 11) is 0. The predicted octanol–water partition coefficient (Wildman–Crippen LogP) is 4.55. The van der Waals surface area contributed by atoms with Gasteiger partial charge in [-0.25, -0.2) is 0 Å². The summed E-state index contributed by atoms with van der Waals surface area (Å²) >= 11 is 5.97. The van der Waals surface area contributed by atoms with Crippen LogP contribution in [0.5, 0.6) is 11.5 Å². The SMILES string of the molecule is N#Cc1c(Cl)cccc1Oc1cnc2ccccc2c1. The van der Waals surface area contributed by atoms with Crippen molar-refractivity contribution >= 4 is 22.5 Å². The molecule has 0 saturated heterocycles. The second-order valence-electron chi connectivity index (χ2n) is 4.19. The number of nitrogens with zero attached hydrogens (tertiary/aromatic N) is 2. The number of hydrogen-bond donors (Lipinski definition) is 0. The van der Waals surface area contributed by atoms with Crippen LogP contribution in [0.1, 0.15) is 5.56 Å². The molecule has 0 N–H and O–H groups in total. The number of para-hydroxylation sites is 1. The van der Waals surface area contributed by atoms with Gasteiger partial charge in [-0.1, -0.05) is 35.9 Å². The van der Waals surface area contributed by atoms with Gasteiger partial charge in [0, 0.05) is 5.39 Å². The molecule has 0 saturated carbocycles. The number of ether oxygens (including phenoxy) is 1. The molecule has 0 atom stereocenters. The average molecular weight is 281 g/mol. The summed E-state index contributed by atoms with van der Waals surface area (Å²) in [6.45, 7) is 0. The Morgan fingerprint density at radius 1 is 1.10 bits per heavy atom. The van der Waals surface area contributed by atoms with Crippen LogP contribution in [0.15, 0.2) is 54.7 Å². The first-order chi connectivity index (χ1) is 9.78. The first-order valence-corrected chi connectivity index (χ1v) is 6.37. The quantitative estimate of drug-likeness (QED) is 0.691. The van der Waals surface area contributed by atoms with Crippen molar-refractivity contribution in [2.45, 2.75) is 0 Å². The van der Waals surface area contributed by atoms with Crippen molar-refractivity contribution in [2.24, 2.45) is 0 Å². The summed E-state index contributed by atoms with van der Waals surface area (Å²) in [5.41, 5.74) is 1.22. The molecule has 0 bridgehead atoms. The van der Waals surface area contributed by atoms with Crippen LogP contribution in [0.3, 0.4) is 0 Å². The highest BCUT2D eigenvalue weighted by atomic mass is 35.5. The normalized spacial score (nSPS) is 10.2. The Labute approximate surface area is 121 Å². The first kappa shape index (κ1) is 12.5. The summed E-state index contributed by atoms with van der Waals surface area (Å²) in [5, 5.41) is 10.5. The third-order valence-corrected chi connectivity index (χ3v) is 3.20. The van der Waals surface area contributed by atoms with Crippen molar-refractivity contribution < 1.29 is 4.74 Å². The zero-order valence-electron chi connectivity index (χ0n) is 10.4.